The van der Waals surface area contributed by atoms with E-state index in [9.17, 15) is 13.9 Å². The van der Waals surface area contributed by atoms with Crippen molar-refractivity contribution < 1.29 is 18.6 Å². The maximum atomic E-state index is 14.1. The molecule has 1 aliphatic rings. The van der Waals surface area contributed by atoms with Crippen molar-refractivity contribution in [2.24, 2.45) is 7.05 Å². The fraction of sp³-hybridized carbons (Fsp3) is 0.360. The largest absolute Gasteiger partial charge is 0.487 e. The second-order valence-electron chi connectivity index (χ2n) is 8.80. The molecule has 11 heteroatoms. The van der Waals surface area contributed by atoms with Gasteiger partial charge in [0.15, 0.2) is 17.4 Å². The first-order chi connectivity index (χ1) is 17.4. The third kappa shape index (κ3) is 4.84. The Hall–Kier alpha value is -3.70. The molecule has 36 heavy (non-hydrogen) atoms. The summed E-state index contributed by atoms with van der Waals surface area (Å²) in [6, 6.07) is 4.87. The minimum Gasteiger partial charge on any atom is -0.487 e. The first kappa shape index (κ1) is 24.0. The second-order valence-corrected chi connectivity index (χ2v) is 8.80. The molecule has 4 heterocycles. The average Bonchev–Trinajstić information content (AvgIpc) is 3.32. The number of ether oxygens (including phenoxy) is 1. The van der Waals surface area contributed by atoms with Crippen LogP contribution in [0.5, 0.6) is 5.75 Å². The molecule has 1 aliphatic heterocycles. The summed E-state index contributed by atoms with van der Waals surface area (Å²) in [5.41, 5.74) is 3.51. The summed E-state index contributed by atoms with van der Waals surface area (Å²) in [5.74, 6) is -0.571. The highest BCUT2D eigenvalue weighted by atomic mass is 19.1. The van der Waals surface area contributed by atoms with Crippen molar-refractivity contribution in [3.05, 3.63) is 60.2 Å². The molecule has 5 rings (SSSR count). The number of aromatic nitrogens is 5. The van der Waals surface area contributed by atoms with Crippen LogP contribution in [-0.4, -0.2) is 62.7 Å². The SMILES string of the molecule is CNC(CO)c1cc2nc(N3CCC(Oc4ccc(F)cc4F)CC3)c(-c3cnn(C)c3)nc2cn1. The number of aliphatic hydroxyl groups is 1. The van der Waals surface area contributed by atoms with Gasteiger partial charge in [0.2, 0.25) is 0 Å². The van der Waals surface area contributed by atoms with Gasteiger partial charge in [-0.2, -0.15) is 5.10 Å². The standard InChI is InChI=1S/C25H27F2N7O2/c1-28-22(14-35)19-10-20-21(12-29-19)31-24(15-11-30-33(2)13-15)25(32-20)34-7-5-17(6-8-34)36-23-4-3-16(26)9-18(23)27/h3-4,9-13,17,22,28,35H,5-8,14H2,1-2H3. The molecule has 1 unspecified atom stereocenters. The number of halogens is 2. The highest BCUT2D eigenvalue weighted by molar-refractivity contribution is 5.83. The van der Waals surface area contributed by atoms with E-state index in [2.05, 4.69) is 20.3 Å². The van der Waals surface area contributed by atoms with Gasteiger partial charge in [0, 0.05) is 50.8 Å². The number of nitrogens with one attached hydrogen (secondary N) is 1. The highest BCUT2D eigenvalue weighted by Crippen LogP contribution is 2.32. The highest BCUT2D eigenvalue weighted by Gasteiger charge is 2.26. The van der Waals surface area contributed by atoms with E-state index in [1.807, 2.05) is 19.3 Å². The molecule has 9 nitrogen and oxygen atoms in total. The van der Waals surface area contributed by atoms with E-state index in [1.54, 1.807) is 24.1 Å². The quantitative estimate of drug-likeness (QED) is 0.404. The van der Waals surface area contributed by atoms with Gasteiger partial charge >= 0.3 is 0 Å². The summed E-state index contributed by atoms with van der Waals surface area (Å²) in [6.07, 6.45) is 6.37. The molecule has 188 valence electrons. The number of hydrogen-bond acceptors (Lipinski definition) is 8. The molecule has 3 aromatic heterocycles. The molecule has 0 spiro atoms. The predicted octanol–water partition coefficient (Wildman–Crippen LogP) is 3.00. The minimum absolute atomic E-state index is 0.0550. The molecule has 4 aromatic rings. The van der Waals surface area contributed by atoms with Gasteiger partial charge in [0.05, 0.1) is 36.3 Å². The molecular weight excluding hydrogens is 468 g/mol. The zero-order valence-corrected chi connectivity index (χ0v) is 20.0. The predicted molar refractivity (Wildman–Crippen MR) is 131 cm³/mol. The summed E-state index contributed by atoms with van der Waals surface area (Å²) in [5, 5.41) is 17.0. The van der Waals surface area contributed by atoms with Crippen molar-refractivity contribution in [2.45, 2.75) is 25.0 Å². The Morgan fingerprint density at radius 1 is 1.14 bits per heavy atom. The van der Waals surface area contributed by atoms with E-state index in [0.29, 0.717) is 54.2 Å². The van der Waals surface area contributed by atoms with Crippen molar-refractivity contribution in [1.29, 1.82) is 0 Å². The van der Waals surface area contributed by atoms with Gasteiger partial charge in [-0.15, -0.1) is 0 Å². The van der Waals surface area contributed by atoms with E-state index in [0.717, 1.165) is 11.6 Å². The number of aliphatic hydroxyl groups excluding tert-OH is 1. The number of hydrogen-bond donors (Lipinski definition) is 2. The normalized spacial score (nSPS) is 15.4. The molecular formula is C25H27F2N7O2. The Bertz CT molecular complexity index is 1370. The van der Waals surface area contributed by atoms with E-state index >= 15 is 0 Å². The maximum Gasteiger partial charge on any atom is 0.167 e. The summed E-state index contributed by atoms with van der Waals surface area (Å²) < 4.78 is 34.8. The van der Waals surface area contributed by atoms with Crippen LogP contribution in [0.15, 0.2) is 42.9 Å². The van der Waals surface area contributed by atoms with Crippen LogP contribution in [0.3, 0.4) is 0 Å². The molecule has 1 atom stereocenters. The van der Waals surface area contributed by atoms with E-state index in [-0.39, 0.29) is 24.5 Å². The summed E-state index contributed by atoms with van der Waals surface area (Å²) in [7, 11) is 3.61. The van der Waals surface area contributed by atoms with Gasteiger partial charge in [-0.25, -0.2) is 18.7 Å². The Morgan fingerprint density at radius 2 is 1.94 bits per heavy atom. The zero-order chi connectivity index (χ0) is 25.2. The minimum atomic E-state index is -0.705. The molecule has 0 amide bonds. The first-order valence-corrected chi connectivity index (χ1v) is 11.8. The lowest BCUT2D eigenvalue weighted by atomic mass is 10.1. The van der Waals surface area contributed by atoms with Gasteiger partial charge in [0.25, 0.3) is 0 Å². The Morgan fingerprint density at radius 3 is 2.61 bits per heavy atom. The zero-order valence-electron chi connectivity index (χ0n) is 20.0. The number of anilines is 1. The summed E-state index contributed by atoms with van der Waals surface area (Å²) in [6.45, 7) is 1.15. The first-order valence-electron chi connectivity index (χ1n) is 11.8. The molecule has 1 aromatic carbocycles. The molecule has 2 N–H and O–H groups in total. The molecule has 0 aliphatic carbocycles. The van der Waals surface area contributed by atoms with Crippen LogP contribution < -0.4 is 15.0 Å². The Labute approximate surface area is 206 Å². The number of rotatable bonds is 7. The van der Waals surface area contributed by atoms with Crippen molar-refractivity contribution in [3.8, 4) is 17.0 Å². The topological polar surface area (TPSA) is 101 Å². The van der Waals surface area contributed by atoms with Gasteiger partial charge in [0.1, 0.15) is 23.1 Å². The van der Waals surface area contributed by atoms with Crippen LogP contribution in [0.1, 0.15) is 24.6 Å². The van der Waals surface area contributed by atoms with Gasteiger partial charge < -0.3 is 20.1 Å². The number of fused-ring (bicyclic) bond motifs is 1. The molecule has 1 saturated heterocycles. The lowest BCUT2D eigenvalue weighted by molar-refractivity contribution is 0.163. The van der Waals surface area contributed by atoms with Gasteiger partial charge in [-0.1, -0.05) is 0 Å². The van der Waals surface area contributed by atoms with Crippen LogP contribution in [-0.2, 0) is 7.05 Å². The second kappa shape index (κ2) is 10.1. The van der Waals surface area contributed by atoms with E-state index < -0.39 is 11.6 Å². The third-order valence-electron chi connectivity index (χ3n) is 6.35. The maximum absolute atomic E-state index is 14.1. The monoisotopic (exact) mass is 495 g/mol. The Balaban J connectivity index is 1.44. The lowest BCUT2D eigenvalue weighted by Gasteiger charge is -2.33. The van der Waals surface area contributed by atoms with Gasteiger partial charge in [-0.05, 0) is 25.2 Å². The number of likely N-dealkylation sites (N-methyl/N-ethyl adjacent to an activating group) is 1. The smallest absolute Gasteiger partial charge is 0.167 e. The number of nitrogens with zero attached hydrogens (tertiary/aromatic N) is 6. The number of aryl methyl sites for hydroxylation is 1. The number of benzene rings is 1. The van der Waals surface area contributed by atoms with Crippen molar-refractivity contribution in [3.63, 3.8) is 0 Å². The third-order valence-corrected chi connectivity index (χ3v) is 6.35. The summed E-state index contributed by atoms with van der Waals surface area (Å²) in [4.78, 5) is 16.4. The molecule has 0 bridgehead atoms. The fourth-order valence-electron chi connectivity index (χ4n) is 4.38. The average molecular weight is 496 g/mol. The van der Waals surface area contributed by atoms with E-state index in [4.69, 9.17) is 14.7 Å². The lowest BCUT2D eigenvalue weighted by Crippen LogP contribution is -2.39. The van der Waals surface area contributed by atoms with Crippen LogP contribution >= 0.6 is 0 Å². The summed E-state index contributed by atoms with van der Waals surface area (Å²) >= 11 is 0. The molecule has 0 saturated carbocycles. The molecule has 0 radical (unpaired) electrons. The van der Waals surface area contributed by atoms with Crippen molar-refractivity contribution in [1.82, 2.24) is 30.0 Å². The Kier molecular flexibility index (Phi) is 6.75. The number of pyridine rings is 1. The fourth-order valence-corrected chi connectivity index (χ4v) is 4.38. The van der Waals surface area contributed by atoms with E-state index in [1.165, 1.54) is 12.1 Å². The number of piperidine rings is 1. The van der Waals surface area contributed by atoms with Crippen LogP contribution in [0.25, 0.3) is 22.3 Å². The molecule has 1 fully saturated rings. The van der Waals surface area contributed by atoms with Crippen LogP contribution in [0.2, 0.25) is 0 Å². The van der Waals surface area contributed by atoms with Crippen molar-refractivity contribution >= 4 is 16.9 Å². The van der Waals surface area contributed by atoms with Crippen molar-refractivity contribution in [2.75, 3.05) is 31.6 Å². The van der Waals surface area contributed by atoms with Crippen LogP contribution in [0.4, 0.5) is 14.6 Å². The van der Waals surface area contributed by atoms with Gasteiger partial charge in [-0.3, -0.25) is 9.67 Å². The van der Waals surface area contributed by atoms with Crippen LogP contribution in [0, 0.1) is 11.6 Å².